The second-order valence-corrected chi connectivity index (χ2v) is 12.6. The van der Waals surface area contributed by atoms with Crippen molar-refractivity contribution in [1.82, 2.24) is 0 Å². The van der Waals surface area contributed by atoms with E-state index in [1.165, 1.54) is 0 Å². The number of ketones is 1. The van der Waals surface area contributed by atoms with E-state index in [4.69, 9.17) is 9.84 Å². The molecule has 3 N–H and O–H groups in total. The fraction of sp³-hybridized carbons (Fsp3) is 0.893. The number of carbonyl (C=O) groups excluding carboxylic acids is 2. The number of aliphatic hydroxyl groups is 2. The van der Waals surface area contributed by atoms with Crippen molar-refractivity contribution in [1.29, 1.82) is 0 Å². The lowest BCUT2D eigenvalue weighted by Gasteiger charge is -2.63. The van der Waals surface area contributed by atoms with Crippen molar-refractivity contribution >= 4 is 17.7 Å². The Hall–Kier alpha value is -1.47. The van der Waals surface area contributed by atoms with Crippen molar-refractivity contribution in [3.05, 3.63) is 0 Å². The number of carbonyl (C=O) groups is 3. The second-order valence-electron chi connectivity index (χ2n) is 12.6. The van der Waals surface area contributed by atoms with Gasteiger partial charge in [0.1, 0.15) is 5.78 Å². The zero-order valence-electron chi connectivity index (χ0n) is 21.6. The topological polar surface area (TPSA) is 121 Å². The molecule has 4 fully saturated rings. The van der Waals surface area contributed by atoms with E-state index in [0.717, 1.165) is 32.1 Å². The van der Waals surface area contributed by atoms with Crippen LogP contribution in [0.25, 0.3) is 0 Å². The summed E-state index contributed by atoms with van der Waals surface area (Å²) in [4.78, 5) is 34.4. The summed E-state index contributed by atoms with van der Waals surface area (Å²) in [7, 11) is 0. The number of esters is 1. The molecule has 7 heteroatoms. The molecule has 4 rings (SSSR count). The van der Waals surface area contributed by atoms with E-state index >= 15 is 0 Å². The van der Waals surface area contributed by atoms with Crippen LogP contribution < -0.4 is 0 Å². The third-order valence-electron chi connectivity index (χ3n) is 11.0. The van der Waals surface area contributed by atoms with E-state index in [1.807, 2.05) is 0 Å². The van der Waals surface area contributed by atoms with Gasteiger partial charge in [-0.3, -0.25) is 14.4 Å². The molecule has 4 aliphatic rings. The average Bonchev–Trinajstić information content (AvgIpc) is 3.15. The summed E-state index contributed by atoms with van der Waals surface area (Å²) in [5.41, 5.74) is -0.220. The lowest BCUT2D eigenvalue weighted by atomic mass is 9.43. The fourth-order valence-corrected chi connectivity index (χ4v) is 9.02. The van der Waals surface area contributed by atoms with Gasteiger partial charge in [0.2, 0.25) is 0 Å². The van der Waals surface area contributed by atoms with Crippen LogP contribution in [0.5, 0.6) is 0 Å². The lowest BCUT2D eigenvalue weighted by Crippen LogP contribution is -2.62. The predicted molar refractivity (Wildman–Crippen MR) is 129 cm³/mol. The molecule has 0 radical (unpaired) electrons. The Balaban J connectivity index is 1.40. The molecule has 0 aromatic carbocycles. The van der Waals surface area contributed by atoms with Gasteiger partial charge in [-0.1, -0.05) is 20.8 Å². The van der Waals surface area contributed by atoms with Crippen LogP contribution in [0.3, 0.4) is 0 Å². The van der Waals surface area contributed by atoms with Gasteiger partial charge in [0.05, 0.1) is 31.7 Å². The first-order chi connectivity index (χ1) is 16.5. The molecule has 0 aromatic heterocycles. The first-order valence-corrected chi connectivity index (χ1v) is 13.7. The van der Waals surface area contributed by atoms with Crippen LogP contribution in [0.4, 0.5) is 0 Å². The number of Topliss-reactive ketones (excluding diaryl/α,β-unsaturated/α-hetero) is 1. The van der Waals surface area contributed by atoms with Crippen LogP contribution in [0.15, 0.2) is 0 Å². The number of carboxylic acid groups (broad SMARTS) is 1. The van der Waals surface area contributed by atoms with Crippen molar-refractivity contribution in [3.8, 4) is 0 Å². The Morgan fingerprint density at radius 1 is 1.11 bits per heavy atom. The molecule has 7 nitrogen and oxygen atoms in total. The molecule has 10 atom stereocenters. The third kappa shape index (κ3) is 4.79. The number of fused-ring (bicyclic) bond motifs is 5. The van der Waals surface area contributed by atoms with Crippen LogP contribution in [0.1, 0.15) is 91.4 Å². The van der Waals surface area contributed by atoms with E-state index in [2.05, 4.69) is 20.8 Å². The summed E-state index contributed by atoms with van der Waals surface area (Å²) in [6.07, 6.45) is 6.03. The van der Waals surface area contributed by atoms with Gasteiger partial charge in [0.15, 0.2) is 0 Å². The van der Waals surface area contributed by atoms with Crippen molar-refractivity contribution in [3.63, 3.8) is 0 Å². The summed E-state index contributed by atoms with van der Waals surface area (Å²) in [5, 5.41) is 31.6. The minimum absolute atomic E-state index is 0.0222. The molecule has 0 unspecified atom stereocenters. The minimum atomic E-state index is -1.00. The SMILES string of the molecule is C[C@@H](CCCOC(=O)CCC(=O)O)[C@@H]1CC[C@@H]2[C@@H]3[C@@H](C[C@@H](O)[C@]21C)[C@]1(C)CCC(=O)C[C@H]1C[C@@H]3O. The fourth-order valence-electron chi connectivity index (χ4n) is 9.02. The summed E-state index contributed by atoms with van der Waals surface area (Å²) in [6, 6.07) is 0. The first-order valence-electron chi connectivity index (χ1n) is 13.7. The smallest absolute Gasteiger partial charge is 0.306 e. The minimum Gasteiger partial charge on any atom is -0.481 e. The highest BCUT2D eigenvalue weighted by Gasteiger charge is 2.65. The highest BCUT2D eigenvalue weighted by Crippen LogP contribution is 2.68. The van der Waals surface area contributed by atoms with Crippen LogP contribution in [0.2, 0.25) is 0 Å². The number of rotatable bonds is 8. The second kappa shape index (κ2) is 10.1. The molecular formula is C28H44O7. The molecule has 0 bridgehead atoms. The van der Waals surface area contributed by atoms with Gasteiger partial charge in [0.25, 0.3) is 0 Å². The van der Waals surface area contributed by atoms with Crippen LogP contribution in [-0.4, -0.2) is 51.9 Å². The van der Waals surface area contributed by atoms with Crippen LogP contribution >= 0.6 is 0 Å². The number of ether oxygens (including phenoxy) is 1. The van der Waals surface area contributed by atoms with E-state index in [0.29, 0.717) is 49.9 Å². The monoisotopic (exact) mass is 492 g/mol. The van der Waals surface area contributed by atoms with Crippen molar-refractivity contribution in [2.75, 3.05) is 6.61 Å². The zero-order valence-corrected chi connectivity index (χ0v) is 21.6. The third-order valence-corrected chi connectivity index (χ3v) is 11.0. The normalized spacial score (nSPS) is 43.6. The van der Waals surface area contributed by atoms with Crippen LogP contribution in [0, 0.1) is 46.3 Å². The molecule has 0 spiro atoms. The van der Waals surface area contributed by atoms with E-state index in [9.17, 15) is 24.6 Å². The molecule has 0 saturated heterocycles. The van der Waals surface area contributed by atoms with Crippen LogP contribution in [-0.2, 0) is 19.1 Å². The molecular weight excluding hydrogens is 448 g/mol. The molecule has 0 aliphatic heterocycles. The number of aliphatic carboxylic acids is 1. The number of carboxylic acids is 1. The Bertz CT molecular complexity index is 826. The number of aliphatic hydroxyl groups excluding tert-OH is 2. The maximum atomic E-state index is 12.2. The Morgan fingerprint density at radius 2 is 1.86 bits per heavy atom. The van der Waals surface area contributed by atoms with Gasteiger partial charge in [-0.15, -0.1) is 0 Å². The number of hydrogen-bond acceptors (Lipinski definition) is 6. The molecule has 198 valence electrons. The molecule has 4 saturated carbocycles. The zero-order chi connectivity index (χ0) is 25.5. The molecule has 4 aliphatic carbocycles. The van der Waals surface area contributed by atoms with Crippen molar-refractivity contribution in [2.24, 2.45) is 46.3 Å². The maximum Gasteiger partial charge on any atom is 0.306 e. The summed E-state index contributed by atoms with van der Waals surface area (Å²) >= 11 is 0. The largest absolute Gasteiger partial charge is 0.481 e. The van der Waals surface area contributed by atoms with Gasteiger partial charge in [-0.2, -0.15) is 0 Å². The molecule has 0 aromatic rings. The van der Waals surface area contributed by atoms with Gasteiger partial charge >= 0.3 is 11.9 Å². The van der Waals surface area contributed by atoms with Gasteiger partial charge in [-0.25, -0.2) is 0 Å². The summed E-state index contributed by atoms with van der Waals surface area (Å²) in [6.45, 7) is 7.07. The highest BCUT2D eigenvalue weighted by atomic mass is 16.5. The number of hydrogen-bond donors (Lipinski definition) is 3. The van der Waals surface area contributed by atoms with Gasteiger partial charge < -0.3 is 20.1 Å². The quantitative estimate of drug-likeness (QED) is 0.346. The first kappa shape index (κ1) is 26.6. The molecule has 0 amide bonds. The van der Waals surface area contributed by atoms with Crippen molar-refractivity contribution < 1.29 is 34.4 Å². The van der Waals surface area contributed by atoms with E-state index in [1.54, 1.807) is 0 Å². The summed E-state index contributed by atoms with van der Waals surface area (Å²) < 4.78 is 5.20. The standard InChI is InChI=1S/C28H44O7/c1-16(5-4-12-35-25(34)9-8-24(32)33)19-6-7-20-26-21(15-23(31)28(19,20)3)27(2)11-10-18(29)13-17(27)14-22(26)30/h16-17,19-23,26,30-31H,4-15H2,1-3H3,(H,32,33)/t16-,17-,19-,20+,21+,22-,23+,26+,27+,28-/m0/s1. The van der Waals surface area contributed by atoms with Crippen molar-refractivity contribution in [2.45, 2.75) is 104 Å². The van der Waals surface area contributed by atoms with Gasteiger partial charge in [0, 0.05) is 12.8 Å². The highest BCUT2D eigenvalue weighted by molar-refractivity contribution is 5.79. The maximum absolute atomic E-state index is 12.2. The Morgan fingerprint density at radius 3 is 2.57 bits per heavy atom. The van der Waals surface area contributed by atoms with Gasteiger partial charge in [-0.05, 0) is 91.3 Å². The van der Waals surface area contributed by atoms with E-state index < -0.39 is 24.1 Å². The molecule has 0 heterocycles. The lowest BCUT2D eigenvalue weighted by molar-refractivity contribution is -0.201. The predicted octanol–water partition coefficient (Wildman–Crippen LogP) is 3.98. The molecule has 35 heavy (non-hydrogen) atoms. The Kier molecular flexibility index (Phi) is 7.69. The van der Waals surface area contributed by atoms with E-state index in [-0.39, 0.29) is 47.3 Å². The Labute approximate surface area is 209 Å². The summed E-state index contributed by atoms with van der Waals surface area (Å²) in [5.74, 6) is 0.501. The average molecular weight is 493 g/mol.